The van der Waals surface area contributed by atoms with E-state index in [1.54, 1.807) is 0 Å². The summed E-state index contributed by atoms with van der Waals surface area (Å²) >= 11 is 0. The fourth-order valence-corrected chi connectivity index (χ4v) is 2.58. The summed E-state index contributed by atoms with van der Waals surface area (Å²) in [6, 6.07) is 8.29. The van der Waals surface area contributed by atoms with Crippen molar-refractivity contribution in [2.24, 2.45) is 5.73 Å². The van der Waals surface area contributed by atoms with Gasteiger partial charge in [0.15, 0.2) is 0 Å². The molecule has 0 aliphatic rings. The van der Waals surface area contributed by atoms with E-state index in [1.807, 2.05) is 42.0 Å². The van der Waals surface area contributed by atoms with Crippen LogP contribution in [0.5, 0.6) is 0 Å². The van der Waals surface area contributed by atoms with Crippen molar-refractivity contribution in [3.63, 3.8) is 0 Å². The predicted octanol–water partition coefficient (Wildman–Crippen LogP) is 2.40. The molecule has 1 aromatic carbocycles. The molecule has 20 heavy (non-hydrogen) atoms. The van der Waals surface area contributed by atoms with Gasteiger partial charge < -0.3 is 15.6 Å². The summed E-state index contributed by atoms with van der Waals surface area (Å²) in [7, 11) is 0. The van der Waals surface area contributed by atoms with E-state index in [9.17, 15) is 4.79 Å². The monoisotopic (exact) mass is 273 g/mol. The number of rotatable bonds is 6. The first-order valence-corrected chi connectivity index (χ1v) is 7.21. The van der Waals surface area contributed by atoms with Gasteiger partial charge >= 0.3 is 0 Å². The van der Waals surface area contributed by atoms with Crippen LogP contribution < -0.4 is 11.1 Å². The third kappa shape index (κ3) is 3.20. The fourth-order valence-electron chi connectivity index (χ4n) is 2.58. The Morgan fingerprint density at radius 3 is 2.90 bits per heavy atom. The Kier molecular flexibility index (Phi) is 4.79. The summed E-state index contributed by atoms with van der Waals surface area (Å²) < 4.78 is 1.97. The maximum Gasteiger partial charge on any atom is 0.240 e. The third-order valence-corrected chi connectivity index (χ3v) is 3.57. The van der Waals surface area contributed by atoms with Gasteiger partial charge in [-0.3, -0.25) is 4.79 Å². The van der Waals surface area contributed by atoms with Gasteiger partial charge in [0.25, 0.3) is 0 Å². The van der Waals surface area contributed by atoms with Crippen molar-refractivity contribution in [2.75, 3.05) is 0 Å². The van der Waals surface area contributed by atoms with Crippen LogP contribution in [0.2, 0.25) is 0 Å². The van der Waals surface area contributed by atoms with Crippen LogP contribution in [0, 0.1) is 0 Å². The molecule has 1 aromatic heterocycles. The number of fused-ring (bicyclic) bond motifs is 1. The van der Waals surface area contributed by atoms with Crippen LogP contribution in [0.3, 0.4) is 0 Å². The highest BCUT2D eigenvalue weighted by Crippen LogP contribution is 2.19. The Labute approximate surface area is 120 Å². The Hall–Kier alpha value is -1.81. The molecule has 0 fully saturated rings. The van der Waals surface area contributed by atoms with Gasteiger partial charge in [-0.15, -0.1) is 0 Å². The lowest BCUT2D eigenvalue weighted by atomic mass is 10.1. The van der Waals surface area contributed by atoms with Crippen LogP contribution in [0.15, 0.2) is 30.5 Å². The molecule has 0 aliphatic heterocycles. The molecule has 4 heteroatoms. The SMILES string of the molecule is CCCC(C)NC(=O)Cn1ccc2c(CN)cccc21. The molecule has 4 nitrogen and oxygen atoms in total. The van der Waals surface area contributed by atoms with Crippen molar-refractivity contribution in [3.05, 3.63) is 36.0 Å². The predicted molar refractivity (Wildman–Crippen MR) is 82.3 cm³/mol. The van der Waals surface area contributed by atoms with Gasteiger partial charge in [0.05, 0.1) is 0 Å². The highest BCUT2D eigenvalue weighted by molar-refractivity contribution is 5.85. The minimum Gasteiger partial charge on any atom is -0.352 e. The van der Waals surface area contributed by atoms with Crippen LogP contribution in [0.25, 0.3) is 10.9 Å². The lowest BCUT2D eigenvalue weighted by Crippen LogP contribution is -2.34. The molecular formula is C16H23N3O. The summed E-state index contributed by atoms with van der Waals surface area (Å²) in [5, 5.41) is 4.16. The maximum atomic E-state index is 12.0. The Bertz CT molecular complexity index is 588. The molecule has 108 valence electrons. The normalized spacial score (nSPS) is 12.6. The molecule has 0 saturated carbocycles. The van der Waals surface area contributed by atoms with E-state index in [1.165, 1.54) is 0 Å². The second-order valence-corrected chi connectivity index (χ2v) is 5.25. The second kappa shape index (κ2) is 6.57. The number of hydrogen-bond donors (Lipinski definition) is 2. The summed E-state index contributed by atoms with van der Waals surface area (Å²) in [4.78, 5) is 12.0. The zero-order chi connectivity index (χ0) is 14.5. The highest BCUT2D eigenvalue weighted by atomic mass is 16.2. The van der Waals surface area contributed by atoms with Gasteiger partial charge in [-0.1, -0.05) is 25.5 Å². The lowest BCUT2D eigenvalue weighted by molar-refractivity contribution is -0.122. The number of nitrogens with two attached hydrogens (primary N) is 1. The summed E-state index contributed by atoms with van der Waals surface area (Å²) in [6.45, 7) is 5.03. The molecule has 0 aliphatic carbocycles. The number of nitrogens with one attached hydrogen (secondary N) is 1. The van der Waals surface area contributed by atoms with Crippen molar-refractivity contribution in [1.82, 2.24) is 9.88 Å². The average Bonchev–Trinajstić information content (AvgIpc) is 2.82. The van der Waals surface area contributed by atoms with E-state index in [4.69, 9.17) is 5.73 Å². The minimum atomic E-state index is 0.0570. The van der Waals surface area contributed by atoms with E-state index in [2.05, 4.69) is 12.2 Å². The van der Waals surface area contributed by atoms with Crippen molar-refractivity contribution in [3.8, 4) is 0 Å². The third-order valence-electron chi connectivity index (χ3n) is 3.57. The van der Waals surface area contributed by atoms with Gasteiger partial charge in [-0.05, 0) is 31.0 Å². The van der Waals surface area contributed by atoms with E-state index >= 15 is 0 Å². The molecule has 0 radical (unpaired) electrons. The van der Waals surface area contributed by atoms with Crippen molar-refractivity contribution in [2.45, 2.75) is 45.8 Å². The topological polar surface area (TPSA) is 60.0 Å². The zero-order valence-corrected chi connectivity index (χ0v) is 12.2. The first kappa shape index (κ1) is 14.6. The van der Waals surface area contributed by atoms with Gasteiger partial charge in [0.2, 0.25) is 5.91 Å². The first-order valence-electron chi connectivity index (χ1n) is 7.21. The van der Waals surface area contributed by atoms with Gasteiger partial charge in [0, 0.05) is 29.7 Å². The number of amides is 1. The quantitative estimate of drug-likeness (QED) is 0.849. The largest absolute Gasteiger partial charge is 0.352 e. The molecule has 3 N–H and O–H groups in total. The first-order chi connectivity index (χ1) is 9.65. The molecule has 0 spiro atoms. The Morgan fingerprint density at radius 1 is 1.40 bits per heavy atom. The number of carbonyl (C=O) groups excluding carboxylic acids is 1. The van der Waals surface area contributed by atoms with E-state index in [0.717, 1.165) is 29.3 Å². The molecule has 1 heterocycles. The van der Waals surface area contributed by atoms with Crippen LogP contribution in [0.4, 0.5) is 0 Å². The van der Waals surface area contributed by atoms with Gasteiger partial charge in [0.1, 0.15) is 6.54 Å². The molecule has 1 unspecified atom stereocenters. The van der Waals surface area contributed by atoms with Crippen molar-refractivity contribution < 1.29 is 4.79 Å². The molecule has 2 aromatic rings. The van der Waals surface area contributed by atoms with E-state index in [-0.39, 0.29) is 11.9 Å². The summed E-state index contributed by atoms with van der Waals surface area (Å²) in [5.74, 6) is 0.0570. The molecule has 1 atom stereocenters. The Morgan fingerprint density at radius 2 is 2.20 bits per heavy atom. The van der Waals surface area contributed by atoms with Crippen LogP contribution in [-0.2, 0) is 17.9 Å². The van der Waals surface area contributed by atoms with E-state index < -0.39 is 0 Å². The Balaban J connectivity index is 2.12. The van der Waals surface area contributed by atoms with Crippen LogP contribution in [-0.4, -0.2) is 16.5 Å². The van der Waals surface area contributed by atoms with Gasteiger partial charge in [-0.2, -0.15) is 0 Å². The molecule has 0 saturated heterocycles. The number of benzene rings is 1. The van der Waals surface area contributed by atoms with Crippen molar-refractivity contribution in [1.29, 1.82) is 0 Å². The molecule has 2 rings (SSSR count). The van der Waals surface area contributed by atoms with Crippen LogP contribution >= 0.6 is 0 Å². The number of aromatic nitrogens is 1. The maximum absolute atomic E-state index is 12.0. The second-order valence-electron chi connectivity index (χ2n) is 5.25. The average molecular weight is 273 g/mol. The molecule has 1 amide bonds. The van der Waals surface area contributed by atoms with Gasteiger partial charge in [-0.25, -0.2) is 0 Å². The number of hydrogen-bond acceptors (Lipinski definition) is 2. The van der Waals surface area contributed by atoms with Crippen molar-refractivity contribution >= 4 is 16.8 Å². The number of carbonyl (C=O) groups is 1. The summed E-state index contributed by atoms with van der Waals surface area (Å²) in [5.41, 5.74) is 7.91. The standard InChI is InChI=1S/C16H23N3O/c1-3-5-12(2)18-16(20)11-19-9-8-14-13(10-17)6-4-7-15(14)19/h4,6-9,12H,3,5,10-11,17H2,1-2H3,(H,18,20). The minimum absolute atomic E-state index is 0.0570. The van der Waals surface area contributed by atoms with Crippen LogP contribution in [0.1, 0.15) is 32.3 Å². The highest BCUT2D eigenvalue weighted by Gasteiger charge is 2.10. The fraction of sp³-hybridized carbons (Fsp3) is 0.438. The van der Waals surface area contributed by atoms with E-state index in [0.29, 0.717) is 13.1 Å². The molecule has 0 bridgehead atoms. The molecular weight excluding hydrogens is 250 g/mol. The smallest absolute Gasteiger partial charge is 0.240 e. The zero-order valence-electron chi connectivity index (χ0n) is 12.2. The lowest BCUT2D eigenvalue weighted by Gasteiger charge is -2.13. The number of nitrogens with zero attached hydrogens (tertiary/aromatic N) is 1. The summed E-state index contributed by atoms with van der Waals surface area (Å²) in [6.07, 6.45) is 4.04.